The normalized spacial score (nSPS) is 21.0. The van der Waals surface area contributed by atoms with Crippen molar-refractivity contribution in [2.75, 3.05) is 19.6 Å². The largest absolute Gasteiger partial charge is 0.352 e. The molecular weight excluding hydrogens is 292 g/mol. The molecule has 3 rings (SSSR count). The molecule has 1 aromatic heterocycles. The number of hydrogen-bond donors (Lipinski definition) is 1. The maximum absolute atomic E-state index is 11.9. The van der Waals surface area contributed by atoms with Crippen LogP contribution < -0.4 is 5.32 Å². The van der Waals surface area contributed by atoms with Crippen molar-refractivity contribution in [2.24, 2.45) is 11.8 Å². The third kappa shape index (κ3) is 4.68. The van der Waals surface area contributed by atoms with Gasteiger partial charge in [0.25, 0.3) is 0 Å². The van der Waals surface area contributed by atoms with E-state index >= 15 is 0 Å². The van der Waals surface area contributed by atoms with Crippen LogP contribution >= 0.6 is 11.3 Å². The van der Waals surface area contributed by atoms with Crippen LogP contribution in [-0.2, 0) is 11.3 Å². The summed E-state index contributed by atoms with van der Waals surface area (Å²) in [5.41, 5.74) is 1.25. The zero-order valence-electron chi connectivity index (χ0n) is 13.4. The van der Waals surface area contributed by atoms with Gasteiger partial charge in [-0.25, -0.2) is 0 Å². The lowest BCUT2D eigenvalue weighted by molar-refractivity contribution is -0.116. The number of amides is 1. The molecule has 0 radical (unpaired) electrons. The van der Waals surface area contributed by atoms with E-state index in [1.807, 2.05) is 17.4 Å². The van der Waals surface area contributed by atoms with Gasteiger partial charge in [-0.05, 0) is 69.0 Å². The monoisotopic (exact) mass is 318 g/mol. The fraction of sp³-hybridized carbons (Fsp3) is 0.611. The highest BCUT2D eigenvalue weighted by atomic mass is 32.1. The molecule has 22 heavy (non-hydrogen) atoms. The zero-order chi connectivity index (χ0) is 15.4. The van der Waals surface area contributed by atoms with Gasteiger partial charge in [-0.2, -0.15) is 0 Å². The summed E-state index contributed by atoms with van der Waals surface area (Å²) in [5.74, 6) is 1.43. The fourth-order valence-electron chi connectivity index (χ4n) is 3.13. The van der Waals surface area contributed by atoms with Crippen LogP contribution in [0.2, 0.25) is 0 Å². The van der Waals surface area contributed by atoms with Crippen LogP contribution in [0, 0.1) is 11.8 Å². The number of piperidine rings is 1. The van der Waals surface area contributed by atoms with Crippen molar-refractivity contribution in [3.05, 3.63) is 34.0 Å². The Balaban J connectivity index is 1.35. The number of carbonyl (C=O) groups excluding carboxylic acids is 1. The number of likely N-dealkylation sites (tertiary alicyclic amines) is 1. The van der Waals surface area contributed by atoms with E-state index in [0.29, 0.717) is 11.8 Å². The summed E-state index contributed by atoms with van der Waals surface area (Å²) in [6.45, 7) is 6.30. The van der Waals surface area contributed by atoms with Gasteiger partial charge in [0, 0.05) is 24.0 Å². The van der Waals surface area contributed by atoms with Gasteiger partial charge < -0.3 is 5.32 Å². The highest BCUT2D eigenvalue weighted by Crippen LogP contribution is 2.35. The number of rotatable bonds is 6. The second-order valence-corrected chi connectivity index (χ2v) is 7.74. The number of carbonyl (C=O) groups is 1. The van der Waals surface area contributed by atoms with Gasteiger partial charge in [-0.15, -0.1) is 11.3 Å². The Kier molecular flexibility index (Phi) is 5.32. The van der Waals surface area contributed by atoms with Crippen molar-refractivity contribution in [3.8, 4) is 0 Å². The third-order valence-corrected chi connectivity index (χ3v) is 5.67. The summed E-state index contributed by atoms with van der Waals surface area (Å²) >= 11 is 1.84. The lowest BCUT2D eigenvalue weighted by Gasteiger charge is -2.31. The first kappa shape index (κ1) is 15.8. The molecule has 1 amide bonds. The SMILES string of the molecule is C/C(=C\C(=O)NCC1CCN(Cc2cccs2)CC1)C1CC1. The molecule has 3 nitrogen and oxygen atoms in total. The Hall–Kier alpha value is -1.13. The van der Waals surface area contributed by atoms with Crippen molar-refractivity contribution in [1.82, 2.24) is 10.2 Å². The highest BCUT2D eigenvalue weighted by Gasteiger charge is 2.24. The molecule has 0 bridgehead atoms. The summed E-state index contributed by atoms with van der Waals surface area (Å²) < 4.78 is 0. The molecular formula is C18H26N2OS. The maximum Gasteiger partial charge on any atom is 0.243 e. The number of hydrogen-bond acceptors (Lipinski definition) is 3. The Morgan fingerprint density at radius 3 is 2.77 bits per heavy atom. The van der Waals surface area contributed by atoms with E-state index in [4.69, 9.17) is 0 Å². The quantitative estimate of drug-likeness (QED) is 0.815. The molecule has 0 spiro atoms. The van der Waals surface area contributed by atoms with Crippen LogP contribution in [0.15, 0.2) is 29.2 Å². The standard InChI is InChI=1S/C18H26N2OS/c1-14(16-4-5-16)11-18(21)19-12-15-6-8-20(9-7-15)13-17-3-2-10-22-17/h2-3,10-11,15-16H,4-9,12-13H2,1H3,(H,19,21)/b14-11+. The second kappa shape index (κ2) is 7.42. The van der Waals surface area contributed by atoms with Crippen LogP contribution in [-0.4, -0.2) is 30.4 Å². The summed E-state index contributed by atoms with van der Waals surface area (Å²) in [6, 6.07) is 4.34. The van der Waals surface area contributed by atoms with Crippen molar-refractivity contribution in [3.63, 3.8) is 0 Å². The summed E-state index contributed by atoms with van der Waals surface area (Å²) in [7, 11) is 0. The van der Waals surface area contributed by atoms with Gasteiger partial charge in [-0.1, -0.05) is 11.6 Å². The maximum atomic E-state index is 11.9. The van der Waals surface area contributed by atoms with E-state index < -0.39 is 0 Å². The number of thiophene rings is 1. The Labute approximate surface area is 137 Å². The van der Waals surface area contributed by atoms with Crippen LogP contribution in [0.3, 0.4) is 0 Å². The molecule has 2 aliphatic rings. The Morgan fingerprint density at radius 2 is 2.14 bits per heavy atom. The Bertz CT molecular complexity index is 511. The van der Waals surface area contributed by atoms with Crippen LogP contribution in [0.1, 0.15) is 37.5 Å². The third-order valence-electron chi connectivity index (χ3n) is 4.81. The summed E-state index contributed by atoms with van der Waals surface area (Å²) in [4.78, 5) is 15.9. The molecule has 4 heteroatoms. The molecule has 1 saturated heterocycles. The van der Waals surface area contributed by atoms with Gasteiger partial charge >= 0.3 is 0 Å². The van der Waals surface area contributed by atoms with E-state index in [9.17, 15) is 4.79 Å². The average Bonchev–Trinajstić information content (AvgIpc) is 3.25. The Morgan fingerprint density at radius 1 is 1.36 bits per heavy atom. The summed E-state index contributed by atoms with van der Waals surface area (Å²) in [6.07, 6.45) is 6.72. The van der Waals surface area contributed by atoms with Gasteiger partial charge in [0.1, 0.15) is 0 Å². The average molecular weight is 318 g/mol. The summed E-state index contributed by atoms with van der Waals surface area (Å²) in [5, 5.41) is 5.24. The van der Waals surface area contributed by atoms with E-state index in [1.54, 1.807) is 0 Å². The predicted octanol–water partition coefficient (Wildman–Crippen LogP) is 3.43. The minimum Gasteiger partial charge on any atom is -0.352 e. The second-order valence-electron chi connectivity index (χ2n) is 6.71. The molecule has 1 aliphatic heterocycles. The van der Waals surface area contributed by atoms with Crippen molar-refractivity contribution in [1.29, 1.82) is 0 Å². The van der Waals surface area contributed by atoms with Gasteiger partial charge in [0.2, 0.25) is 5.91 Å². The predicted molar refractivity (Wildman–Crippen MR) is 91.8 cm³/mol. The lowest BCUT2D eigenvalue weighted by Crippen LogP contribution is -2.37. The first-order valence-electron chi connectivity index (χ1n) is 8.41. The van der Waals surface area contributed by atoms with Gasteiger partial charge in [0.05, 0.1) is 0 Å². The molecule has 2 heterocycles. The van der Waals surface area contributed by atoms with E-state index in [-0.39, 0.29) is 5.91 Å². The first-order valence-corrected chi connectivity index (χ1v) is 9.29. The molecule has 1 aliphatic carbocycles. The van der Waals surface area contributed by atoms with Crippen LogP contribution in [0.5, 0.6) is 0 Å². The van der Waals surface area contributed by atoms with Crippen molar-refractivity contribution in [2.45, 2.75) is 39.2 Å². The molecule has 1 saturated carbocycles. The van der Waals surface area contributed by atoms with Gasteiger partial charge in [0.15, 0.2) is 0 Å². The van der Waals surface area contributed by atoms with E-state index in [2.05, 4.69) is 34.7 Å². The smallest absolute Gasteiger partial charge is 0.243 e. The van der Waals surface area contributed by atoms with Crippen molar-refractivity contribution >= 4 is 17.2 Å². The molecule has 2 fully saturated rings. The highest BCUT2D eigenvalue weighted by molar-refractivity contribution is 7.09. The lowest BCUT2D eigenvalue weighted by atomic mass is 9.96. The van der Waals surface area contributed by atoms with Gasteiger partial charge in [-0.3, -0.25) is 9.69 Å². The van der Waals surface area contributed by atoms with Crippen LogP contribution in [0.4, 0.5) is 0 Å². The molecule has 1 aromatic rings. The minimum absolute atomic E-state index is 0.102. The number of nitrogens with zero attached hydrogens (tertiary/aromatic N) is 1. The first-order chi connectivity index (χ1) is 10.7. The molecule has 120 valence electrons. The zero-order valence-corrected chi connectivity index (χ0v) is 14.2. The number of nitrogens with one attached hydrogen (secondary N) is 1. The minimum atomic E-state index is 0.102. The molecule has 0 aromatic carbocycles. The number of allylic oxidation sites excluding steroid dienone is 1. The van der Waals surface area contributed by atoms with Crippen molar-refractivity contribution < 1.29 is 4.79 Å². The molecule has 0 unspecified atom stereocenters. The molecule has 0 atom stereocenters. The fourth-order valence-corrected chi connectivity index (χ4v) is 3.88. The van der Waals surface area contributed by atoms with E-state index in [1.165, 1.54) is 36.1 Å². The topological polar surface area (TPSA) is 32.3 Å². The molecule has 1 N–H and O–H groups in total. The van der Waals surface area contributed by atoms with E-state index in [0.717, 1.165) is 26.2 Å². The van der Waals surface area contributed by atoms with Crippen LogP contribution in [0.25, 0.3) is 0 Å².